The van der Waals surface area contributed by atoms with Gasteiger partial charge in [0.15, 0.2) is 0 Å². The third-order valence-corrected chi connectivity index (χ3v) is 5.88. The van der Waals surface area contributed by atoms with Crippen LogP contribution in [-0.2, 0) is 10.3 Å². The number of hydrogen-bond acceptors (Lipinski definition) is 4. The van der Waals surface area contributed by atoms with E-state index in [-0.39, 0.29) is 5.54 Å². The molecule has 4 rings (SSSR count). The van der Waals surface area contributed by atoms with E-state index in [2.05, 4.69) is 23.2 Å². The van der Waals surface area contributed by atoms with Crippen LogP contribution in [0.4, 0.5) is 0 Å². The Labute approximate surface area is 151 Å². The highest BCUT2D eigenvalue weighted by Crippen LogP contribution is 2.39. The van der Waals surface area contributed by atoms with E-state index in [1.807, 2.05) is 57.2 Å². The number of benzene rings is 2. The topological polar surface area (TPSA) is 41.8 Å². The Bertz CT molecular complexity index is 936. The minimum Gasteiger partial charge on any atom is -0.475 e. The molecule has 1 aliphatic rings. The normalized spacial score (nSPS) is 18.6. The molecule has 0 saturated heterocycles. The Morgan fingerprint density at radius 2 is 1.84 bits per heavy atom. The van der Waals surface area contributed by atoms with Crippen LogP contribution in [0.1, 0.15) is 36.8 Å². The zero-order valence-electron chi connectivity index (χ0n) is 14.6. The SMILES string of the molecule is CC1(C)COC(c2ccccc2C(C)(O)c2cc3ccccc3s2)=N1. The average Bonchev–Trinajstić information content (AvgIpc) is 3.18. The van der Waals surface area contributed by atoms with Gasteiger partial charge < -0.3 is 9.84 Å². The van der Waals surface area contributed by atoms with Gasteiger partial charge in [0.25, 0.3) is 0 Å². The second-order valence-electron chi connectivity index (χ2n) is 7.28. The lowest BCUT2D eigenvalue weighted by Gasteiger charge is -2.25. The van der Waals surface area contributed by atoms with Gasteiger partial charge in [-0.3, -0.25) is 0 Å². The summed E-state index contributed by atoms with van der Waals surface area (Å²) in [6, 6.07) is 18.1. The molecule has 1 atom stereocenters. The monoisotopic (exact) mass is 351 g/mol. The lowest BCUT2D eigenvalue weighted by atomic mass is 9.89. The molecule has 0 aliphatic carbocycles. The molecule has 25 heavy (non-hydrogen) atoms. The number of rotatable bonds is 3. The molecule has 0 saturated carbocycles. The predicted molar refractivity (Wildman–Crippen MR) is 104 cm³/mol. The lowest BCUT2D eigenvalue weighted by Crippen LogP contribution is -2.24. The lowest BCUT2D eigenvalue weighted by molar-refractivity contribution is 0.106. The molecule has 1 aliphatic heterocycles. The summed E-state index contributed by atoms with van der Waals surface area (Å²) in [5.41, 5.74) is 0.332. The number of aliphatic imine (C=N–C) groups is 1. The van der Waals surface area contributed by atoms with Gasteiger partial charge in [0, 0.05) is 20.7 Å². The summed E-state index contributed by atoms with van der Waals surface area (Å²) in [5.74, 6) is 0.613. The number of nitrogens with zero attached hydrogens (tertiary/aromatic N) is 1. The molecule has 0 amide bonds. The number of fused-ring (bicyclic) bond motifs is 1. The Balaban J connectivity index is 1.83. The van der Waals surface area contributed by atoms with Gasteiger partial charge >= 0.3 is 0 Å². The molecule has 3 nitrogen and oxygen atoms in total. The van der Waals surface area contributed by atoms with Gasteiger partial charge in [-0.05, 0) is 44.4 Å². The minimum absolute atomic E-state index is 0.230. The van der Waals surface area contributed by atoms with Gasteiger partial charge in [-0.1, -0.05) is 36.4 Å². The molecular weight excluding hydrogens is 330 g/mol. The van der Waals surface area contributed by atoms with Crippen molar-refractivity contribution in [2.75, 3.05) is 6.61 Å². The van der Waals surface area contributed by atoms with Crippen LogP contribution in [0.2, 0.25) is 0 Å². The third-order valence-electron chi connectivity index (χ3n) is 4.55. The van der Waals surface area contributed by atoms with Gasteiger partial charge in [-0.15, -0.1) is 11.3 Å². The molecule has 0 spiro atoms. The maximum absolute atomic E-state index is 11.4. The Hall–Kier alpha value is -2.17. The average molecular weight is 351 g/mol. The number of ether oxygens (including phenoxy) is 1. The van der Waals surface area contributed by atoms with Gasteiger partial charge in [-0.2, -0.15) is 0 Å². The fraction of sp³-hybridized carbons (Fsp3) is 0.286. The van der Waals surface area contributed by atoms with Gasteiger partial charge in [-0.25, -0.2) is 4.99 Å². The van der Waals surface area contributed by atoms with Gasteiger partial charge in [0.1, 0.15) is 12.2 Å². The molecular formula is C21H21NO2S. The number of hydrogen-bond donors (Lipinski definition) is 1. The highest BCUT2D eigenvalue weighted by Gasteiger charge is 2.34. The van der Waals surface area contributed by atoms with Crippen molar-refractivity contribution in [3.05, 3.63) is 70.6 Å². The van der Waals surface area contributed by atoms with E-state index in [4.69, 9.17) is 4.74 Å². The van der Waals surface area contributed by atoms with Gasteiger partial charge in [0.05, 0.1) is 5.54 Å². The van der Waals surface area contributed by atoms with Crippen molar-refractivity contribution in [1.29, 1.82) is 0 Å². The maximum atomic E-state index is 11.4. The van der Waals surface area contributed by atoms with E-state index in [1.54, 1.807) is 11.3 Å². The van der Waals surface area contributed by atoms with Crippen LogP contribution in [-0.4, -0.2) is 23.2 Å². The molecule has 2 heterocycles. The zero-order valence-corrected chi connectivity index (χ0v) is 15.4. The first kappa shape index (κ1) is 16.3. The first-order valence-corrected chi connectivity index (χ1v) is 9.22. The van der Waals surface area contributed by atoms with E-state index in [9.17, 15) is 5.11 Å². The molecule has 1 aromatic heterocycles. The van der Waals surface area contributed by atoms with Crippen LogP contribution in [0.25, 0.3) is 10.1 Å². The van der Waals surface area contributed by atoms with E-state index in [0.29, 0.717) is 12.5 Å². The fourth-order valence-electron chi connectivity index (χ4n) is 3.17. The van der Waals surface area contributed by atoms with E-state index < -0.39 is 5.60 Å². The predicted octanol–water partition coefficient (Wildman–Crippen LogP) is 4.71. The summed E-state index contributed by atoms with van der Waals surface area (Å²) >= 11 is 1.62. The Kier molecular flexibility index (Phi) is 3.71. The number of thiophene rings is 1. The van der Waals surface area contributed by atoms with E-state index in [0.717, 1.165) is 21.4 Å². The maximum Gasteiger partial charge on any atom is 0.217 e. The summed E-state index contributed by atoms with van der Waals surface area (Å²) in [7, 11) is 0. The summed E-state index contributed by atoms with van der Waals surface area (Å²) in [5, 5.41) is 12.6. The highest BCUT2D eigenvalue weighted by molar-refractivity contribution is 7.19. The largest absolute Gasteiger partial charge is 0.475 e. The van der Waals surface area contributed by atoms with Crippen LogP contribution in [0.5, 0.6) is 0 Å². The van der Waals surface area contributed by atoms with E-state index >= 15 is 0 Å². The standard InChI is InChI=1S/C21H21NO2S/c1-20(2)13-24-19(22-20)15-9-5-6-10-16(15)21(3,23)18-12-14-8-4-7-11-17(14)25-18/h4-12,23H,13H2,1-3H3. The summed E-state index contributed by atoms with van der Waals surface area (Å²) in [4.78, 5) is 5.60. The second kappa shape index (κ2) is 5.68. The zero-order chi connectivity index (χ0) is 17.7. The first-order valence-electron chi connectivity index (χ1n) is 8.41. The molecule has 0 radical (unpaired) electrons. The van der Waals surface area contributed by atoms with Crippen molar-refractivity contribution >= 4 is 27.3 Å². The molecule has 0 bridgehead atoms. The first-order chi connectivity index (χ1) is 11.9. The van der Waals surface area contributed by atoms with Crippen LogP contribution < -0.4 is 0 Å². The molecule has 4 heteroatoms. The summed E-state index contributed by atoms with van der Waals surface area (Å²) in [6.07, 6.45) is 0. The Morgan fingerprint density at radius 3 is 2.56 bits per heavy atom. The van der Waals surface area contributed by atoms with Crippen LogP contribution in [0.3, 0.4) is 0 Å². The molecule has 2 aromatic carbocycles. The van der Waals surface area contributed by atoms with Crippen molar-refractivity contribution in [3.63, 3.8) is 0 Å². The van der Waals surface area contributed by atoms with Crippen molar-refractivity contribution in [3.8, 4) is 0 Å². The van der Waals surface area contributed by atoms with Crippen molar-refractivity contribution in [1.82, 2.24) is 0 Å². The summed E-state index contributed by atoms with van der Waals surface area (Å²) < 4.78 is 7.00. The van der Waals surface area contributed by atoms with Crippen LogP contribution >= 0.6 is 11.3 Å². The van der Waals surface area contributed by atoms with Crippen molar-refractivity contribution in [2.45, 2.75) is 31.9 Å². The Morgan fingerprint density at radius 1 is 1.12 bits per heavy atom. The van der Waals surface area contributed by atoms with E-state index in [1.165, 1.54) is 4.70 Å². The fourth-order valence-corrected chi connectivity index (χ4v) is 4.29. The van der Waals surface area contributed by atoms with Crippen molar-refractivity contribution < 1.29 is 9.84 Å². The van der Waals surface area contributed by atoms with Crippen molar-refractivity contribution in [2.24, 2.45) is 4.99 Å². The molecule has 0 fully saturated rings. The summed E-state index contributed by atoms with van der Waals surface area (Å²) in [6.45, 7) is 6.50. The number of aliphatic hydroxyl groups is 1. The second-order valence-corrected chi connectivity index (χ2v) is 8.37. The highest BCUT2D eigenvalue weighted by atomic mass is 32.1. The van der Waals surface area contributed by atoms with Crippen LogP contribution in [0, 0.1) is 0 Å². The minimum atomic E-state index is -1.11. The third kappa shape index (κ3) is 2.86. The smallest absolute Gasteiger partial charge is 0.217 e. The molecule has 1 N–H and O–H groups in total. The van der Waals surface area contributed by atoms with Crippen LogP contribution in [0.15, 0.2) is 59.6 Å². The molecule has 128 valence electrons. The molecule has 1 unspecified atom stereocenters. The quantitative estimate of drug-likeness (QED) is 0.742. The van der Waals surface area contributed by atoms with Gasteiger partial charge in [0.2, 0.25) is 5.90 Å². The molecule has 3 aromatic rings.